The summed E-state index contributed by atoms with van der Waals surface area (Å²) in [6.07, 6.45) is 2.31. The number of benzene rings is 2. The minimum absolute atomic E-state index is 0. The molecule has 1 aliphatic carbocycles. The number of amides is 2. The summed E-state index contributed by atoms with van der Waals surface area (Å²) >= 11 is 0. The van der Waals surface area contributed by atoms with Crippen LogP contribution in [0.1, 0.15) is 36.2 Å². The van der Waals surface area contributed by atoms with Gasteiger partial charge >= 0.3 is 12.1 Å². The molecule has 272 valence electrons. The number of cyclic esters (lactones) is 1. The van der Waals surface area contributed by atoms with Crippen molar-refractivity contribution in [3.8, 4) is 0 Å². The van der Waals surface area contributed by atoms with Gasteiger partial charge in [-0.2, -0.15) is 0 Å². The predicted octanol–water partition coefficient (Wildman–Crippen LogP) is 2.30. The Balaban J connectivity index is 0.000000216. The molecule has 3 aromatic rings. The van der Waals surface area contributed by atoms with E-state index in [1.165, 1.54) is 30.2 Å². The number of hydrogen-bond donors (Lipinski definition) is 3. The number of carboxylic acid groups (broad SMARTS) is 1. The fourth-order valence-corrected chi connectivity index (χ4v) is 6.13. The Morgan fingerprint density at radius 2 is 1.64 bits per heavy atom. The molecule has 4 fully saturated rings. The van der Waals surface area contributed by atoms with Gasteiger partial charge in [0, 0.05) is 63.8 Å². The van der Waals surface area contributed by atoms with Gasteiger partial charge in [0.2, 0.25) is 11.3 Å². The number of pyridine rings is 1. The first-order chi connectivity index (χ1) is 23.1. The van der Waals surface area contributed by atoms with E-state index < -0.39 is 29.4 Å². The number of ether oxygens (including phenoxy) is 2. The van der Waals surface area contributed by atoms with Gasteiger partial charge in [-0.25, -0.2) is 18.4 Å². The van der Waals surface area contributed by atoms with E-state index in [4.69, 9.17) is 9.47 Å². The van der Waals surface area contributed by atoms with Crippen LogP contribution in [0.3, 0.4) is 0 Å². The van der Waals surface area contributed by atoms with Crippen LogP contribution in [0.2, 0.25) is 0 Å². The lowest BCUT2D eigenvalue weighted by Gasteiger charge is -2.30. The summed E-state index contributed by atoms with van der Waals surface area (Å²) < 4.78 is 41.3. The van der Waals surface area contributed by atoms with Crippen LogP contribution in [-0.2, 0) is 14.3 Å². The molecular weight excluding hydrogens is 682 g/mol. The fraction of sp³-hybridized carbons (Fsp3) is 0.455. The molecule has 50 heavy (non-hydrogen) atoms. The van der Waals surface area contributed by atoms with E-state index in [-0.39, 0.29) is 59.7 Å². The van der Waals surface area contributed by atoms with E-state index in [2.05, 4.69) is 10.6 Å². The molecule has 1 aromatic heterocycles. The van der Waals surface area contributed by atoms with Crippen molar-refractivity contribution in [2.24, 2.45) is 0 Å². The number of carbonyl (C=O) groups excluding carboxylic acids is 2. The smallest absolute Gasteiger partial charge is 0.414 e. The number of aromatic nitrogens is 1. The molecular formula is C33H41ClF2N6O8. The van der Waals surface area contributed by atoms with Crippen LogP contribution in [0, 0.1) is 11.6 Å². The predicted molar refractivity (Wildman–Crippen MR) is 185 cm³/mol. The Kier molecular flexibility index (Phi) is 12.6. The molecule has 3 saturated heterocycles. The molecule has 5 N–H and O–H groups in total. The Morgan fingerprint density at radius 1 is 0.980 bits per heavy atom. The fourth-order valence-electron chi connectivity index (χ4n) is 6.13. The second kappa shape index (κ2) is 16.5. The van der Waals surface area contributed by atoms with Gasteiger partial charge in [0.1, 0.15) is 23.3 Å². The highest BCUT2D eigenvalue weighted by Crippen LogP contribution is 2.38. The summed E-state index contributed by atoms with van der Waals surface area (Å²) in [6.45, 7) is 7.30. The Labute approximate surface area is 292 Å². The van der Waals surface area contributed by atoms with Crippen LogP contribution >= 0.6 is 12.4 Å². The second-order valence-corrected chi connectivity index (χ2v) is 12.2. The van der Waals surface area contributed by atoms with Gasteiger partial charge in [-0.1, -0.05) is 0 Å². The van der Waals surface area contributed by atoms with Crippen molar-refractivity contribution in [1.82, 2.24) is 15.2 Å². The van der Waals surface area contributed by atoms with E-state index in [1.54, 1.807) is 18.2 Å². The van der Waals surface area contributed by atoms with Crippen molar-refractivity contribution < 1.29 is 43.2 Å². The molecule has 2 amide bonds. The van der Waals surface area contributed by atoms with Crippen LogP contribution in [-0.4, -0.2) is 105 Å². The van der Waals surface area contributed by atoms with Gasteiger partial charge in [-0.3, -0.25) is 14.5 Å². The lowest BCUT2D eigenvalue weighted by atomic mass is 10.1. The number of morpholine rings is 1. The van der Waals surface area contributed by atoms with Crippen molar-refractivity contribution in [1.29, 1.82) is 0 Å². The highest BCUT2D eigenvalue weighted by molar-refractivity contribution is 5.94. The number of fused-ring (bicyclic) bond motifs is 1. The normalized spacial score (nSPS) is 18.7. The molecule has 3 aliphatic heterocycles. The Morgan fingerprint density at radius 3 is 2.26 bits per heavy atom. The maximum atomic E-state index is 14.6. The van der Waals surface area contributed by atoms with Crippen molar-refractivity contribution in [2.45, 2.75) is 31.9 Å². The highest BCUT2D eigenvalue weighted by atomic mass is 35.5. The van der Waals surface area contributed by atoms with Crippen molar-refractivity contribution in [2.75, 3.05) is 80.3 Å². The lowest BCUT2D eigenvalue weighted by Crippen LogP contribution is -2.43. The third-order valence-corrected chi connectivity index (χ3v) is 8.78. The number of nitrogens with one attached hydrogen (secondary N) is 2. The summed E-state index contributed by atoms with van der Waals surface area (Å²) in [7, 11) is 0. The highest BCUT2D eigenvalue weighted by Gasteiger charge is 2.33. The average Bonchev–Trinajstić information content (AvgIpc) is 3.86. The first-order valence-corrected chi connectivity index (χ1v) is 16.0. The van der Waals surface area contributed by atoms with Crippen LogP contribution < -0.4 is 30.8 Å². The summed E-state index contributed by atoms with van der Waals surface area (Å²) in [5, 5.41) is 15.2. The molecule has 17 heteroatoms. The molecule has 1 saturated carbocycles. The van der Waals surface area contributed by atoms with Gasteiger partial charge in [0.15, 0.2) is 0 Å². The number of rotatable bonds is 7. The van der Waals surface area contributed by atoms with Gasteiger partial charge in [-0.05, 0) is 43.2 Å². The molecule has 0 unspecified atom stereocenters. The Bertz CT molecular complexity index is 1780. The number of carboxylic acids is 1. The molecule has 7 rings (SSSR count). The van der Waals surface area contributed by atoms with E-state index in [0.717, 1.165) is 25.9 Å². The number of nitrogens with zero attached hydrogens (tertiary/aromatic N) is 4. The third kappa shape index (κ3) is 8.43. The molecule has 1 atom stereocenters. The molecule has 0 spiro atoms. The summed E-state index contributed by atoms with van der Waals surface area (Å²) in [5.74, 6) is -2.33. The minimum atomic E-state index is -1.28. The molecule has 4 aliphatic rings. The van der Waals surface area contributed by atoms with Crippen molar-refractivity contribution >= 4 is 58.3 Å². The zero-order valence-electron chi connectivity index (χ0n) is 27.5. The van der Waals surface area contributed by atoms with Crippen LogP contribution in [0.15, 0.2) is 41.3 Å². The van der Waals surface area contributed by atoms with E-state index in [1.807, 2.05) is 14.4 Å². The molecule has 0 bridgehead atoms. The minimum Gasteiger partial charge on any atom is -0.477 e. The molecule has 0 radical (unpaired) electrons. The van der Waals surface area contributed by atoms with Gasteiger partial charge in [0.05, 0.1) is 48.9 Å². The van der Waals surface area contributed by atoms with Gasteiger partial charge < -0.3 is 45.1 Å². The van der Waals surface area contributed by atoms with Crippen LogP contribution in [0.5, 0.6) is 0 Å². The van der Waals surface area contributed by atoms with E-state index in [9.17, 15) is 33.1 Å². The third-order valence-electron chi connectivity index (χ3n) is 8.78. The van der Waals surface area contributed by atoms with E-state index in [0.29, 0.717) is 62.0 Å². The standard InChI is InChI=1S/C17H18FN3O3.C16H20FN3O4.ClH.H2O/c18-13-7-11-14(8-15(13)20-5-3-19-4-6-20)21(10-1-2-10)9-12(16(11)22)17(23)24;1-11(21)18-9-13-10-20(16(22)24-13)12-2-3-15(14(17)8-12)19-4-6-23-7-5-19;;/h7-10,19H,1-6H2,(H,23,24);2-3,8,13H,4-7,9-10H2,1H3,(H,18,21);1H;1H2/t;13-;;/m.0../s1. The molecule has 4 heterocycles. The molecule has 14 nitrogen and oxygen atoms in total. The zero-order valence-corrected chi connectivity index (χ0v) is 28.3. The van der Waals surface area contributed by atoms with Crippen molar-refractivity contribution in [3.05, 3.63) is 63.9 Å². The number of aromatic carboxylic acids is 1. The maximum absolute atomic E-state index is 14.6. The number of halogens is 3. The number of piperazine rings is 1. The average molecular weight is 723 g/mol. The first-order valence-electron chi connectivity index (χ1n) is 16.0. The van der Waals surface area contributed by atoms with Gasteiger partial charge in [0.25, 0.3) is 0 Å². The van der Waals surface area contributed by atoms with Crippen molar-refractivity contribution in [3.63, 3.8) is 0 Å². The largest absolute Gasteiger partial charge is 0.477 e. The number of anilines is 3. The quantitative estimate of drug-likeness (QED) is 0.328. The van der Waals surface area contributed by atoms with Gasteiger partial charge in [-0.15, -0.1) is 12.4 Å². The van der Waals surface area contributed by atoms with Crippen LogP contribution in [0.25, 0.3) is 10.9 Å². The SMILES string of the molecule is CC(=O)NC[C@H]1CN(c2ccc(N3CCOCC3)c(F)c2)C(=O)O1.Cl.O.O=C(O)c1cn(C2CC2)c2cc(N3CCNCC3)c(F)cc2c1=O. The van der Waals surface area contributed by atoms with Crippen LogP contribution in [0.4, 0.5) is 30.6 Å². The second-order valence-electron chi connectivity index (χ2n) is 12.2. The summed E-state index contributed by atoms with van der Waals surface area (Å²) in [4.78, 5) is 51.9. The summed E-state index contributed by atoms with van der Waals surface area (Å²) in [6, 6.07) is 7.79. The number of hydrogen-bond acceptors (Lipinski definition) is 9. The van der Waals surface area contributed by atoms with E-state index >= 15 is 0 Å². The zero-order chi connectivity index (χ0) is 33.9. The summed E-state index contributed by atoms with van der Waals surface area (Å²) in [5.41, 5.74) is 1.11. The lowest BCUT2D eigenvalue weighted by molar-refractivity contribution is -0.119. The number of carbonyl (C=O) groups is 3. The first kappa shape index (κ1) is 38.3. The molecule has 2 aromatic carbocycles. The monoisotopic (exact) mass is 722 g/mol. The topological polar surface area (TPSA) is 177 Å². The maximum Gasteiger partial charge on any atom is 0.414 e. The Hall–Kier alpha value is -4.51.